The largest absolute Gasteiger partial charge is 0.453 e. The van der Waals surface area contributed by atoms with Crippen molar-refractivity contribution in [2.24, 2.45) is 5.92 Å². The first-order valence-electron chi connectivity index (χ1n) is 13.1. The topological polar surface area (TPSA) is 144 Å². The Balaban J connectivity index is 1.44. The standard InChI is InChI=1S/C27H31ClFN7O4/c1-14-4-3-5-21(36-11-9-18(35-26(36)38)23-22(29)17(28)8-10-30-23)24-31-13-20(33-24)16-7-6-15(32-27(39)40-2)12-19(16)34-25(14)37/h6-8,10,12-14,18,21,25,34,37H,3-5,9,11H2,1-2H3,(H,31,33)(H,32,39)(H,35,38)/t14-,18+,21+,25?/m1/s1. The van der Waals surface area contributed by atoms with Gasteiger partial charge in [0.25, 0.3) is 0 Å². The fourth-order valence-electron chi connectivity index (χ4n) is 5.18. The highest BCUT2D eigenvalue weighted by Crippen LogP contribution is 2.36. The van der Waals surface area contributed by atoms with Gasteiger partial charge in [-0.15, -0.1) is 0 Å². The fourth-order valence-corrected chi connectivity index (χ4v) is 5.33. The van der Waals surface area contributed by atoms with Crippen LogP contribution in [-0.4, -0.2) is 57.0 Å². The molecule has 4 heterocycles. The number of halogens is 2. The van der Waals surface area contributed by atoms with E-state index in [4.69, 9.17) is 16.3 Å². The lowest BCUT2D eigenvalue weighted by Crippen LogP contribution is -2.50. The summed E-state index contributed by atoms with van der Waals surface area (Å²) in [6.07, 6.45) is 4.10. The van der Waals surface area contributed by atoms with Gasteiger partial charge in [0, 0.05) is 35.6 Å². The van der Waals surface area contributed by atoms with Gasteiger partial charge in [-0.3, -0.25) is 10.3 Å². The molecule has 0 radical (unpaired) electrons. The van der Waals surface area contributed by atoms with Crippen LogP contribution in [0.2, 0.25) is 5.02 Å². The van der Waals surface area contributed by atoms with E-state index in [9.17, 15) is 19.1 Å². The molecule has 4 atom stereocenters. The van der Waals surface area contributed by atoms with E-state index >= 15 is 0 Å². The lowest BCUT2D eigenvalue weighted by Gasteiger charge is -2.37. The second-order valence-corrected chi connectivity index (χ2v) is 10.5. The van der Waals surface area contributed by atoms with Gasteiger partial charge in [0.15, 0.2) is 5.82 Å². The third-order valence-corrected chi connectivity index (χ3v) is 7.72. The third kappa shape index (κ3) is 5.68. The van der Waals surface area contributed by atoms with Gasteiger partial charge in [-0.1, -0.05) is 24.9 Å². The Bertz CT molecular complexity index is 1400. The van der Waals surface area contributed by atoms with Crippen molar-refractivity contribution in [3.8, 4) is 11.3 Å². The van der Waals surface area contributed by atoms with Crippen LogP contribution in [0.4, 0.5) is 25.4 Å². The first-order chi connectivity index (χ1) is 19.2. The number of imidazole rings is 1. The van der Waals surface area contributed by atoms with Gasteiger partial charge in [-0.2, -0.15) is 0 Å². The number of methoxy groups -OCH3 is 1. The number of aliphatic hydroxyl groups is 1. The van der Waals surface area contributed by atoms with Crippen molar-refractivity contribution in [2.45, 2.75) is 50.9 Å². The second kappa shape index (κ2) is 11.7. The zero-order chi connectivity index (χ0) is 28.4. The number of urea groups is 1. The maximum absolute atomic E-state index is 14.6. The smallest absolute Gasteiger partial charge is 0.411 e. The highest BCUT2D eigenvalue weighted by molar-refractivity contribution is 6.30. The molecule has 1 saturated heterocycles. The molecular formula is C27H31ClFN7O4. The van der Waals surface area contributed by atoms with Crippen molar-refractivity contribution >= 4 is 35.1 Å². The summed E-state index contributed by atoms with van der Waals surface area (Å²) in [7, 11) is 1.28. The van der Waals surface area contributed by atoms with Gasteiger partial charge in [0.1, 0.15) is 12.1 Å². The normalized spacial score (nSPS) is 23.1. The second-order valence-electron chi connectivity index (χ2n) is 10.0. The molecule has 13 heteroatoms. The summed E-state index contributed by atoms with van der Waals surface area (Å²) < 4.78 is 19.3. The zero-order valence-corrected chi connectivity index (χ0v) is 22.8. The van der Waals surface area contributed by atoms with Gasteiger partial charge < -0.3 is 30.4 Å². The molecule has 2 aliphatic rings. The van der Waals surface area contributed by atoms with E-state index in [1.807, 2.05) is 6.92 Å². The van der Waals surface area contributed by atoms with Gasteiger partial charge in [-0.05, 0) is 43.5 Å². The molecule has 5 N–H and O–H groups in total. The number of fused-ring (bicyclic) bond motifs is 4. The van der Waals surface area contributed by atoms with Crippen molar-refractivity contribution in [1.82, 2.24) is 25.2 Å². The minimum atomic E-state index is -0.855. The molecule has 1 unspecified atom stereocenters. The summed E-state index contributed by atoms with van der Waals surface area (Å²) >= 11 is 5.93. The first kappa shape index (κ1) is 27.7. The third-order valence-electron chi connectivity index (χ3n) is 7.42. The molecule has 2 aromatic heterocycles. The molecule has 3 amide bonds. The first-order valence-corrected chi connectivity index (χ1v) is 13.5. The number of hydrogen-bond acceptors (Lipinski definition) is 7. The van der Waals surface area contributed by atoms with Crippen molar-refractivity contribution in [2.75, 3.05) is 24.3 Å². The zero-order valence-electron chi connectivity index (χ0n) is 22.1. The van der Waals surface area contributed by atoms with E-state index in [0.29, 0.717) is 48.7 Å². The van der Waals surface area contributed by atoms with Crippen LogP contribution in [0, 0.1) is 11.7 Å². The van der Waals surface area contributed by atoms with E-state index in [-0.39, 0.29) is 28.7 Å². The summed E-state index contributed by atoms with van der Waals surface area (Å²) in [6, 6.07) is 5.30. The van der Waals surface area contributed by atoms with Crippen LogP contribution >= 0.6 is 11.6 Å². The Kier molecular flexibility index (Phi) is 8.08. The lowest BCUT2D eigenvalue weighted by atomic mass is 9.97. The molecule has 40 heavy (non-hydrogen) atoms. The van der Waals surface area contributed by atoms with Crippen molar-refractivity contribution in [3.63, 3.8) is 0 Å². The molecule has 1 fully saturated rings. The number of rotatable bonds is 3. The maximum Gasteiger partial charge on any atom is 0.411 e. The number of H-pyrrole nitrogens is 1. The van der Waals surface area contributed by atoms with E-state index < -0.39 is 24.2 Å². The van der Waals surface area contributed by atoms with Crippen LogP contribution in [0.15, 0.2) is 36.7 Å². The van der Waals surface area contributed by atoms with E-state index in [2.05, 4.69) is 30.9 Å². The number of anilines is 2. The van der Waals surface area contributed by atoms with Crippen LogP contribution in [0.1, 0.15) is 56.2 Å². The molecule has 0 saturated carbocycles. The van der Waals surface area contributed by atoms with Crippen molar-refractivity contribution in [1.29, 1.82) is 0 Å². The SMILES string of the molecule is COC(=O)Nc1ccc2c(c1)NC(O)[C@H](C)CCC[C@H](N1CC[C@@H](c3nccc(Cl)c3F)NC1=O)c1ncc-2[nH]1. The van der Waals surface area contributed by atoms with Crippen LogP contribution < -0.4 is 16.0 Å². The Hall–Kier alpha value is -3.90. The minimum absolute atomic E-state index is 0.0385. The molecule has 11 nitrogen and oxygen atoms in total. The number of aliphatic hydroxyl groups excluding tert-OH is 1. The molecule has 0 spiro atoms. The number of aromatic amines is 1. The molecular weight excluding hydrogens is 541 g/mol. The van der Waals surface area contributed by atoms with Crippen LogP contribution in [0.5, 0.6) is 0 Å². The summed E-state index contributed by atoms with van der Waals surface area (Å²) in [5.74, 6) is -0.121. The minimum Gasteiger partial charge on any atom is -0.453 e. The quantitative estimate of drug-likeness (QED) is 0.291. The van der Waals surface area contributed by atoms with E-state index in [1.54, 1.807) is 29.3 Å². The number of nitrogens with zero attached hydrogens (tertiary/aromatic N) is 3. The van der Waals surface area contributed by atoms with Crippen LogP contribution in [-0.2, 0) is 4.74 Å². The number of carbonyl (C=O) groups excluding carboxylic acids is 2. The Labute approximate surface area is 235 Å². The number of benzene rings is 1. The molecule has 5 rings (SSSR count). The maximum atomic E-state index is 14.6. The number of nitrogens with one attached hydrogen (secondary N) is 4. The van der Waals surface area contributed by atoms with Crippen LogP contribution in [0.3, 0.4) is 0 Å². The van der Waals surface area contributed by atoms with Crippen molar-refractivity contribution in [3.05, 3.63) is 59.0 Å². The highest BCUT2D eigenvalue weighted by Gasteiger charge is 2.35. The van der Waals surface area contributed by atoms with Gasteiger partial charge in [0.2, 0.25) is 0 Å². The van der Waals surface area contributed by atoms with E-state index in [1.165, 1.54) is 19.4 Å². The van der Waals surface area contributed by atoms with Gasteiger partial charge >= 0.3 is 12.1 Å². The molecule has 212 valence electrons. The summed E-state index contributed by atoms with van der Waals surface area (Å²) in [5.41, 5.74) is 2.61. The molecule has 2 aliphatic heterocycles. The molecule has 3 aromatic rings. The number of aromatic nitrogens is 3. The Morgan fingerprint density at radius 2 is 2.05 bits per heavy atom. The number of pyridine rings is 1. The predicted octanol–water partition coefficient (Wildman–Crippen LogP) is 5.19. The number of ether oxygens (including phenoxy) is 1. The summed E-state index contributed by atoms with van der Waals surface area (Å²) in [5, 5.41) is 19.6. The fraction of sp³-hybridized carbons (Fsp3) is 0.407. The number of amides is 3. The lowest BCUT2D eigenvalue weighted by molar-refractivity contribution is 0.125. The van der Waals surface area contributed by atoms with Crippen molar-refractivity contribution < 1.29 is 23.8 Å². The van der Waals surface area contributed by atoms with Gasteiger partial charge in [-0.25, -0.2) is 19.0 Å². The monoisotopic (exact) mass is 571 g/mol. The average Bonchev–Trinajstić information content (AvgIpc) is 3.42. The van der Waals surface area contributed by atoms with Gasteiger partial charge in [0.05, 0.1) is 41.8 Å². The average molecular weight is 572 g/mol. The molecule has 2 bridgehead atoms. The Morgan fingerprint density at radius 3 is 2.83 bits per heavy atom. The number of carbonyl (C=O) groups is 2. The predicted molar refractivity (Wildman–Crippen MR) is 147 cm³/mol. The molecule has 1 aromatic carbocycles. The summed E-state index contributed by atoms with van der Waals surface area (Å²) in [4.78, 5) is 38.9. The number of hydrogen-bond donors (Lipinski definition) is 5. The Morgan fingerprint density at radius 1 is 1.23 bits per heavy atom. The summed E-state index contributed by atoms with van der Waals surface area (Å²) in [6.45, 7) is 2.31. The molecule has 0 aliphatic carbocycles. The van der Waals surface area contributed by atoms with E-state index in [0.717, 1.165) is 12.0 Å². The van der Waals surface area contributed by atoms with Crippen LogP contribution in [0.25, 0.3) is 11.3 Å². The highest BCUT2D eigenvalue weighted by atomic mass is 35.5.